The number of halogens is 1. The largest absolute Gasteiger partial charge is 0.490 e. The molecule has 4 rings (SSSR count). The molecule has 2 aromatic heterocycles. The van der Waals surface area contributed by atoms with Crippen LogP contribution in [0, 0.1) is 0 Å². The van der Waals surface area contributed by atoms with E-state index in [0.717, 1.165) is 31.5 Å². The Bertz CT molecular complexity index is 1170. The summed E-state index contributed by atoms with van der Waals surface area (Å²) in [6, 6.07) is 12.3. The van der Waals surface area contributed by atoms with Crippen LogP contribution in [0.2, 0.25) is 0 Å². The molecule has 1 fully saturated rings. The summed E-state index contributed by atoms with van der Waals surface area (Å²) in [6.07, 6.45) is 3.76. The lowest BCUT2D eigenvalue weighted by atomic mass is 9.93. The van der Waals surface area contributed by atoms with Crippen molar-refractivity contribution in [1.29, 1.82) is 0 Å². The Kier molecular flexibility index (Phi) is 9.06. The fourth-order valence-corrected chi connectivity index (χ4v) is 3.68. The van der Waals surface area contributed by atoms with E-state index in [4.69, 9.17) is 9.26 Å². The van der Waals surface area contributed by atoms with Gasteiger partial charge >= 0.3 is 0 Å². The monoisotopic (exact) mass is 513 g/mol. The van der Waals surface area contributed by atoms with Crippen LogP contribution in [0.1, 0.15) is 55.4 Å². The Hall–Kier alpha value is -3.43. The van der Waals surface area contributed by atoms with Gasteiger partial charge in [-0.25, -0.2) is 0 Å². The normalized spacial score (nSPS) is 14.0. The molecule has 0 bridgehead atoms. The molecule has 3 N–H and O–H groups in total. The van der Waals surface area contributed by atoms with Crippen molar-refractivity contribution in [1.82, 2.24) is 15.5 Å². The first-order valence-electron chi connectivity index (χ1n) is 11.8. The van der Waals surface area contributed by atoms with Gasteiger partial charge in [0.15, 0.2) is 5.82 Å². The molecule has 10 heteroatoms. The zero-order valence-electron chi connectivity index (χ0n) is 20.7. The Morgan fingerprint density at radius 1 is 1.08 bits per heavy atom. The van der Waals surface area contributed by atoms with Gasteiger partial charge in [-0.15, -0.1) is 12.4 Å². The number of hydrogen-bond acceptors (Lipinski definition) is 7. The number of aromatic nitrogens is 2. The van der Waals surface area contributed by atoms with E-state index in [1.54, 1.807) is 48.7 Å². The van der Waals surface area contributed by atoms with Crippen LogP contribution in [0.4, 0.5) is 11.5 Å². The minimum Gasteiger partial charge on any atom is -0.490 e. The van der Waals surface area contributed by atoms with Crippen LogP contribution in [0.5, 0.6) is 5.75 Å². The molecule has 3 aromatic rings. The summed E-state index contributed by atoms with van der Waals surface area (Å²) in [6.45, 7) is 7.89. The lowest BCUT2D eigenvalue weighted by Gasteiger charge is -2.23. The molecule has 0 atom stereocenters. The summed E-state index contributed by atoms with van der Waals surface area (Å²) < 4.78 is 11.3. The molecule has 0 saturated carbocycles. The molecule has 1 saturated heterocycles. The van der Waals surface area contributed by atoms with Gasteiger partial charge in [0.2, 0.25) is 5.91 Å². The second-order valence-electron chi connectivity index (χ2n) is 9.65. The molecule has 1 aliphatic rings. The lowest BCUT2D eigenvalue weighted by molar-refractivity contribution is -0.115. The standard InChI is InChI=1S/C26H31N5O4.ClH/c1-26(2,3)22-16-23(31-35-22)30-24(32)14-17-4-6-18(7-5-17)29-25(33)21-15-20(10-13-28-21)34-19-8-11-27-12-9-19;/h4-7,10,13,15-16,19,27H,8-9,11-12,14H2,1-3H3,(H,29,33)(H,30,31,32);1H. The van der Waals surface area contributed by atoms with E-state index in [2.05, 4.69) is 26.1 Å². The maximum Gasteiger partial charge on any atom is 0.274 e. The number of rotatable bonds is 7. The molecule has 0 aliphatic carbocycles. The minimum atomic E-state index is -0.327. The molecule has 9 nitrogen and oxygen atoms in total. The number of benzene rings is 1. The van der Waals surface area contributed by atoms with E-state index in [-0.39, 0.29) is 47.9 Å². The highest BCUT2D eigenvalue weighted by Crippen LogP contribution is 2.24. The van der Waals surface area contributed by atoms with Crippen LogP contribution in [-0.4, -0.2) is 41.1 Å². The maximum absolute atomic E-state index is 12.7. The number of carbonyl (C=O) groups excluding carboxylic acids is 2. The SMILES string of the molecule is CC(C)(C)c1cc(NC(=O)Cc2ccc(NC(=O)c3cc(OC4CCNCC4)ccn3)cc2)no1.Cl. The Labute approximate surface area is 216 Å². The third-order valence-corrected chi connectivity index (χ3v) is 5.65. The van der Waals surface area contributed by atoms with Crippen LogP contribution in [0.25, 0.3) is 0 Å². The predicted molar refractivity (Wildman–Crippen MR) is 140 cm³/mol. The van der Waals surface area contributed by atoms with Gasteiger partial charge in [0, 0.05) is 29.4 Å². The summed E-state index contributed by atoms with van der Waals surface area (Å²) in [5, 5.41) is 12.8. The van der Waals surface area contributed by atoms with E-state index < -0.39 is 0 Å². The number of amides is 2. The number of nitrogens with one attached hydrogen (secondary N) is 3. The second kappa shape index (κ2) is 12.0. The highest BCUT2D eigenvalue weighted by molar-refractivity contribution is 6.03. The third kappa shape index (κ3) is 7.53. The van der Waals surface area contributed by atoms with Gasteiger partial charge in [0.25, 0.3) is 5.91 Å². The molecule has 192 valence electrons. The Morgan fingerprint density at radius 3 is 2.47 bits per heavy atom. The van der Waals surface area contributed by atoms with Crippen LogP contribution in [-0.2, 0) is 16.6 Å². The average molecular weight is 514 g/mol. The molecule has 2 amide bonds. The highest BCUT2D eigenvalue weighted by atomic mass is 35.5. The summed E-state index contributed by atoms with van der Waals surface area (Å²) in [7, 11) is 0. The molecule has 0 spiro atoms. The van der Waals surface area contributed by atoms with Gasteiger partial charge < -0.3 is 25.2 Å². The Morgan fingerprint density at radius 2 is 1.81 bits per heavy atom. The number of anilines is 2. The third-order valence-electron chi connectivity index (χ3n) is 5.65. The summed E-state index contributed by atoms with van der Waals surface area (Å²) in [5.74, 6) is 1.20. The van der Waals surface area contributed by atoms with Crippen LogP contribution >= 0.6 is 12.4 Å². The van der Waals surface area contributed by atoms with E-state index in [1.807, 2.05) is 20.8 Å². The first-order chi connectivity index (χ1) is 16.8. The number of piperidine rings is 1. The number of nitrogens with zero attached hydrogens (tertiary/aromatic N) is 2. The number of pyridine rings is 1. The predicted octanol–water partition coefficient (Wildman–Crippen LogP) is 4.35. The van der Waals surface area contributed by atoms with Crippen molar-refractivity contribution >= 4 is 35.7 Å². The topological polar surface area (TPSA) is 118 Å². The summed E-state index contributed by atoms with van der Waals surface area (Å²) >= 11 is 0. The van der Waals surface area contributed by atoms with Crippen molar-refractivity contribution in [2.45, 2.75) is 51.6 Å². The molecular weight excluding hydrogens is 482 g/mol. The first-order valence-corrected chi connectivity index (χ1v) is 11.8. The average Bonchev–Trinajstić information content (AvgIpc) is 3.30. The van der Waals surface area contributed by atoms with Crippen LogP contribution in [0.3, 0.4) is 0 Å². The van der Waals surface area contributed by atoms with Gasteiger partial charge in [-0.05, 0) is 49.7 Å². The van der Waals surface area contributed by atoms with Crippen molar-refractivity contribution in [2.75, 3.05) is 23.7 Å². The smallest absolute Gasteiger partial charge is 0.274 e. The van der Waals surface area contributed by atoms with Crippen molar-refractivity contribution in [3.63, 3.8) is 0 Å². The number of hydrogen-bond donors (Lipinski definition) is 3. The van der Waals surface area contributed by atoms with E-state index in [9.17, 15) is 9.59 Å². The van der Waals surface area contributed by atoms with E-state index in [0.29, 0.717) is 23.0 Å². The highest BCUT2D eigenvalue weighted by Gasteiger charge is 2.20. The van der Waals surface area contributed by atoms with Crippen molar-refractivity contribution < 1.29 is 18.8 Å². The maximum atomic E-state index is 12.7. The first kappa shape index (κ1) is 27.2. The molecule has 36 heavy (non-hydrogen) atoms. The van der Waals surface area contributed by atoms with Gasteiger partial charge in [-0.1, -0.05) is 38.1 Å². The van der Waals surface area contributed by atoms with Crippen LogP contribution in [0.15, 0.2) is 53.2 Å². The molecule has 1 aromatic carbocycles. The Balaban J connectivity index is 0.00000361. The van der Waals surface area contributed by atoms with Crippen LogP contribution < -0.4 is 20.7 Å². The molecular formula is C26H32ClN5O4. The lowest BCUT2D eigenvalue weighted by Crippen LogP contribution is -2.34. The number of carbonyl (C=O) groups is 2. The van der Waals surface area contributed by atoms with E-state index in [1.165, 1.54) is 0 Å². The second-order valence-corrected chi connectivity index (χ2v) is 9.65. The molecule has 3 heterocycles. The van der Waals surface area contributed by atoms with Gasteiger partial charge in [0.1, 0.15) is 23.3 Å². The van der Waals surface area contributed by atoms with Gasteiger partial charge in [0.05, 0.1) is 6.42 Å². The fourth-order valence-electron chi connectivity index (χ4n) is 3.68. The van der Waals surface area contributed by atoms with Crippen molar-refractivity contribution in [2.24, 2.45) is 0 Å². The van der Waals surface area contributed by atoms with Crippen molar-refractivity contribution in [3.8, 4) is 5.75 Å². The van der Waals surface area contributed by atoms with Crippen molar-refractivity contribution in [3.05, 3.63) is 65.7 Å². The quantitative estimate of drug-likeness (QED) is 0.429. The van der Waals surface area contributed by atoms with Gasteiger partial charge in [-0.2, -0.15) is 0 Å². The number of ether oxygens (including phenoxy) is 1. The van der Waals surface area contributed by atoms with Gasteiger partial charge in [-0.3, -0.25) is 14.6 Å². The fraction of sp³-hybridized carbons (Fsp3) is 0.385. The summed E-state index contributed by atoms with van der Waals surface area (Å²) in [5.41, 5.74) is 1.50. The zero-order chi connectivity index (χ0) is 24.8. The minimum absolute atomic E-state index is 0. The molecule has 1 aliphatic heterocycles. The summed E-state index contributed by atoms with van der Waals surface area (Å²) in [4.78, 5) is 29.2. The van der Waals surface area contributed by atoms with E-state index >= 15 is 0 Å². The molecule has 0 unspecified atom stereocenters. The molecule has 0 radical (unpaired) electrons. The zero-order valence-corrected chi connectivity index (χ0v) is 21.5.